The molecule has 0 saturated heterocycles. The Morgan fingerprint density at radius 1 is 1.07 bits per heavy atom. The summed E-state index contributed by atoms with van der Waals surface area (Å²) in [6.07, 6.45) is 2.82. The van der Waals surface area contributed by atoms with Gasteiger partial charge in [-0.05, 0) is 59.5 Å². The van der Waals surface area contributed by atoms with E-state index in [1.54, 1.807) is 12.3 Å². The first-order valence-corrected chi connectivity index (χ1v) is 9.29. The molecule has 0 spiro atoms. The number of fused-ring (bicyclic) bond motifs is 1. The summed E-state index contributed by atoms with van der Waals surface area (Å²) in [6, 6.07) is 12.4. The lowest BCUT2D eigenvalue weighted by Crippen LogP contribution is -2.29. The molecular formula is C22H20F3N3. The fourth-order valence-electron chi connectivity index (χ4n) is 3.67. The number of nitrogens with one attached hydrogen (secondary N) is 1. The van der Waals surface area contributed by atoms with Crippen LogP contribution in [-0.2, 0) is 12.6 Å². The lowest BCUT2D eigenvalue weighted by atomic mass is 9.87. The number of benzene rings is 1. The third-order valence-corrected chi connectivity index (χ3v) is 5.12. The quantitative estimate of drug-likeness (QED) is 0.698. The molecule has 1 aliphatic rings. The maximum atomic E-state index is 13.0. The van der Waals surface area contributed by atoms with E-state index in [4.69, 9.17) is 0 Å². The molecule has 0 radical (unpaired) electrons. The molecule has 1 unspecified atom stereocenters. The van der Waals surface area contributed by atoms with Gasteiger partial charge in [-0.15, -0.1) is 0 Å². The molecule has 0 saturated carbocycles. The summed E-state index contributed by atoms with van der Waals surface area (Å²) in [5, 5.41) is 5.55. The van der Waals surface area contributed by atoms with Crippen LogP contribution in [-0.4, -0.2) is 23.1 Å². The fraction of sp³-hybridized carbons (Fsp3) is 0.273. The van der Waals surface area contributed by atoms with Gasteiger partial charge in [0.1, 0.15) is 5.69 Å². The van der Waals surface area contributed by atoms with Crippen LogP contribution in [0.1, 0.15) is 23.4 Å². The Labute approximate surface area is 161 Å². The van der Waals surface area contributed by atoms with E-state index in [9.17, 15) is 13.2 Å². The van der Waals surface area contributed by atoms with E-state index < -0.39 is 11.9 Å². The van der Waals surface area contributed by atoms with E-state index in [0.29, 0.717) is 12.2 Å². The second kappa shape index (κ2) is 7.72. The van der Waals surface area contributed by atoms with E-state index in [1.807, 2.05) is 18.3 Å². The second-order valence-electron chi connectivity index (χ2n) is 7.02. The van der Waals surface area contributed by atoms with Gasteiger partial charge in [0.05, 0.1) is 5.69 Å². The highest BCUT2D eigenvalue weighted by molar-refractivity contribution is 5.82. The monoisotopic (exact) mass is 383 g/mol. The summed E-state index contributed by atoms with van der Waals surface area (Å²) in [5.41, 5.74) is 1.67. The van der Waals surface area contributed by atoms with E-state index in [-0.39, 0.29) is 5.92 Å². The van der Waals surface area contributed by atoms with Crippen molar-refractivity contribution in [2.24, 2.45) is 5.92 Å². The molecule has 1 atom stereocenters. The number of alkyl halides is 3. The summed E-state index contributed by atoms with van der Waals surface area (Å²) < 4.78 is 39.1. The second-order valence-corrected chi connectivity index (χ2v) is 7.02. The predicted octanol–water partition coefficient (Wildman–Crippen LogP) is 4.88. The molecule has 2 aromatic heterocycles. The summed E-state index contributed by atoms with van der Waals surface area (Å²) >= 11 is 0. The molecule has 3 nitrogen and oxygen atoms in total. The molecule has 0 bridgehead atoms. The normalized spacial score (nSPS) is 17.5. The first kappa shape index (κ1) is 18.6. The number of hydrogen-bond acceptors (Lipinski definition) is 3. The van der Waals surface area contributed by atoms with Gasteiger partial charge in [0.2, 0.25) is 0 Å². The molecule has 144 valence electrons. The van der Waals surface area contributed by atoms with Crippen LogP contribution < -0.4 is 5.32 Å². The number of rotatable bonds is 4. The summed E-state index contributed by atoms with van der Waals surface area (Å²) in [7, 11) is 0. The van der Waals surface area contributed by atoms with E-state index >= 15 is 0 Å². The van der Waals surface area contributed by atoms with Crippen molar-refractivity contribution in [3.8, 4) is 0 Å². The summed E-state index contributed by atoms with van der Waals surface area (Å²) in [5.74, 6) is 0.120. The summed E-state index contributed by atoms with van der Waals surface area (Å²) in [4.78, 5) is 8.05. The molecule has 3 heterocycles. The van der Waals surface area contributed by atoms with E-state index in [0.717, 1.165) is 41.8 Å². The highest BCUT2D eigenvalue weighted by atomic mass is 19.4. The zero-order valence-corrected chi connectivity index (χ0v) is 15.2. The van der Waals surface area contributed by atoms with Gasteiger partial charge in [0.25, 0.3) is 0 Å². The lowest BCUT2D eigenvalue weighted by Gasteiger charge is -2.25. The molecule has 1 N–H and O–H groups in total. The van der Waals surface area contributed by atoms with Gasteiger partial charge < -0.3 is 5.32 Å². The van der Waals surface area contributed by atoms with Crippen LogP contribution in [0.25, 0.3) is 16.3 Å². The van der Waals surface area contributed by atoms with Gasteiger partial charge in [-0.2, -0.15) is 13.2 Å². The van der Waals surface area contributed by atoms with Crippen molar-refractivity contribution in [3.63, 3.8) is 0 Å². The third-order valence-electron chi connectivity index (χ3n) is 5.12. The number of pyridine rings is 2. The third kappa shape index (κ3) is 4.07. The minimum Gasteiger partial charge on any atom is -0.313 e. The first-order valence-electron chi connectivity index (χ1n) is 9.29. The SMILES string of the molecule is FC(F)(F)c1cccc(C2=CCNCC2CCc2ccc3ccncc3c2)n1. The Bertz CT molecular complexity index is 1010. The van der Waals surface area contributed by atoms with Crippen molar-refractivity contribution in [2.75, 3.05) is 13.1 Å². The Hall–Kier alpha value is -2.73. The standard InChI is InChI=1S/C22H20F3N3/c23-22(24,25)21-3-1-2-20(28-21)19-9-11-27-13-17(19)7-5-15-4-6-16-8-10-26-14-18(16)12-15/h1-4,6,8-10,12,14,17,27H,5,7,11,13H2. The van der Waals surface area contributed by atoms with Gasteiger partial charge in [-0.25, -0.2) is 4.98 Å². The zero-order valence-electron chi connectivity index (χ0n) is 15.2. The van der Waals surface area contributed by atoms with Crippen LogP contribution in [0, 0.1) is 5.92 Å². The van der Waals surface area contributed by atoms with Gasteiger partial charge in [0.15, 0.2) is 0 Å². The van der Waals surface area contributed by atoms with Crippen molar-refractivity contribution >= 4 is 16.3 Å². The maximum absolute atomic E-state index is 13.0. The molecule has 0 aliphatic carbocycles. The molecule has 3 aromatic rings. The van der Waals surface area contributed by atoms with Crippen LogP contribution in [0.4, 0.5) is 13.2 Å². The molecular weight excluding hydrogens is 363 g/mol. The minimum atomic E-state index is -4.43. The van der Waals surface area contributed by atoms with Crippen LogP contribution >= 0.6 is 0 Å². The number of hydrogen-bond donors (Lipinski definition) is 1. The van der Waals surface area contributed by atoms with Crippen molar-refractivity contribution in [3.05, 3.63) is 77.9 Å². The number of nitrogens with zero attached hydrogens (tertiary/aromatic N) is 2. The van der Waals surface area contributed by atoms with Gasteiger partial charge >= 0.3 is 6.18 Å². The van der Waals surface area contributed by atoms with Gasteiger partial charge in [-0.1, -0.05) is 24.3 Å². The highest BCUT2D eigenvalue weighted by Crippen LogP contribution is 2.32. The molecule has 1 aromatic carbocycles. The fourth-order valence-corrected chi connectivity index (χ4v) is 3.67. The first-order chi connectivity index (χ1) is 13.5. The Balaban J connectivity index is 1.53. The van der Waals surface area contributed by atoms with Crippen LogP contribution in [0.15, 0.2) is 60.9 Å². The molecule has 0 amide bonds. The van der Waals surface area contributed by atoms with Crippen molar-refractivity contribution in [2.45, 2.75) is 19.0 Å². The van der Waals surface area contributed by atoms with Gasteiger partial charge in [0, 0.05) is 30.9 Å². The summed E-state index contributed by atoms with van der Waals surface area (Å²) in [6.45, 7) is 1.38. The highest BCUT2D eigenvalue weighted by Gasteiger charge is 2.33. The molecule has 0 fully saturated rings. The van der Waals surface area contributed by atoms with Crippen LogP contribution in [0.2, 0.25) is 0 Å². The Morgan fingerprint density at radius 2 is 1.96 bits per heavy atom. The molecule has 6 heteroatoms. The van der Waals surface area contributed by atoms with Crippen molar-refractivity contribution in [1.29, 1.82) is 0 Å². The minimum absolute atomic E-state index is 0.120. The predicted molar refractivity (Wildman–Crippen MR) is 104 cm³/mol. The van der Waals surface area contributed by atoms with Crippen LogP contribution in [0.3, 0.4) is 0 Å². The average Bonchev–Trinajstić information content (AvgIpc) is 2.72. The van der Waals surface area contributed by atoms with Gasteiger partial charge in [-0.3, -0.25) is 4.98 Å². The molecule has 1 aliphatic heterocycles. The Kier molecular flexibility index (Phi) is 5.13. The largest absolute Gasteiger partial charge is 0.433 e. The smallest absolute Gasteiger partial charge is 0.313 e. The number of aromatic nitrogens is 2. The lowest BCUT2D eigenvalue weighted by molar-refractivity contribution is -0.141. The number of halogens is 3. The van der Waals surface area contributed by atoms with Crippen molar-refractivity contribution in [1.82, 2.24) is 15.3 Å². The number of aryl methyl sites for hydroxylation is 1. The average molecular weight is 383 g/mol. The topological polar surface area (TPSA) is 37.8 Å². The molecule has 28 heavy (non-hydrogen) atoms. The zero-order chi connectivity index (χ0) is 19.6. The van der Waals surface area contributed by atoms with Crippen LogP contribution in [0.5, 0.6) is 0 Å². The van der Waals surface area contributed by atoms with E-state index in [1.165, 1.54) is 11.6 Å². The Morgan fingerprint density at radius 3 is 2.82 bits per heavy atom. The maximum Gasteiger partial charge on any atom is 0.433 e. The van der Waals surface area contributed by atoms with E-state index in [2.05, 4.69) is 33.5 Å². The van der Waals surface area contributed by atoms with Crippen molar-refractivity contribution < 1.29 is 13.2 Å². The molecule has 4 rings (SSSR count).